The van der Waals surface area contributed by atoms with E-state index in [0.717, 1.165) is 12.2 Å². The third kappa shape index (κ3) is 4.26. The molecule has 1 unspecified atom stereocenters. The van der Waals surface area contributed by atoms with E-state index < -0.39 is 6.61 Å². The third-order valence-corrected chi connectivity index (χ3v) is 3.11. The van der Waals surface area contributed by atoms with Crippen LogP contribution in [-0.2, 0) is 13.0 Å². The normalized spacial score (nSPS) is 12.6. The van der Waals surface area contributed by atoms with Crippen LogP contribution in [0.15, 0.2) is 34.9 Å². The van der Waals surface area contributed by atoms with Crippen molar-refractivity contribution in [2.75, 3.05) is 0 Å². The molecular weight excluding hydrogens is 278 g/mol. The first-order valence-electron chi connectivity index (χ1n) is 6.80. The molecule has 0 saturated heterocycles. The average molecular weight is 296 g/mol. The van der Waals surface area contributed by atoms with Crippen molar-refractivity contribution < 1.29 is 17.9 Å². The zero-order valence-electron chi connectivity index (χ0n) is 12.0. The lowest BCUT2D eigenvalue weighted by atomic mass is 10.1. The van der Waals surface area contributed by atoms with Gasteiger partial charge in [-0.3, -0.25) is 0 Å². The van der Waals surface area contributed by atoms with Crippen molar-refractivity contribution in [2.24, 2.45) is 0 Å². The Morgan fingerprint density at radius 3 is 2.76 bits per heavy atom. The molecule has 4 nitrogen and oxygen atoms in total. The van der Waals surface area contributed by atoms with Gasteiger partial charge in [0.1, 0.15) is 11.5 Å². The van der Waals surface area contributed by atoms with Crippen LogP contribution in [0.3, 0.4) is 0 Å². The van der Waals surface area contributed by atoms with Gasteiger partial charge >= 0.3 is 6.61 Å². The highest BCUT2D eigenvalue weighted by Crippen LogP contribution is 2.26. The van der Waals surface area contributed by atoms with Gasteiger partial charge in [-0.15, -0.1) is 0 Å². The summed E-state index contributed by atoms with van der Waals surface area (Å²) in [4.78, 5) is 4.14. The number of hydrogen-bond donors (Lipinski definition) is 1. The maximum absolute atomic E-state index is 12.4. The molecule has 0 amide bonds. The highest BCUT2D eigenvalue weighted by atomic mass is 19.3. The molecule has 21 heavy (non-hydrogen) atoms. The number of nitrogens with one attached hydrogen (secondary N) is 1. The first-order chi connectivity index (χ1) is 10.1. The van der Waals surface area contributed by atoms with Crippen LogP contribution in [-0.4, -0.2) is 11.6 Å². The Morgan fingerprint density at radius 1 is 1.33 bits per heavy atom. The van der Waals surface area contributed by atoms with Gasteiger partial charge in [-0.25, -0.2) is 4.98 Å². The summed E-state index contributed by atoms with van der Waals surface area (Å²) in [7, 11) is 0. The van der Waals surface area contributed by atoms with Gasteiger partial charge < -0.3 is 14.5 Å². The van der Waals surface area contributed by atoms with Gasteiger partial charge in [-0.1, -0.05) is 25.1 Å². The Morgan fingerprint density at radius 2 is 2.10 bits per heavy atom. The minimum absolute atomic E-state index is 0.170. The fourth-order valence-corrected chi connectivity index (χ4v) is 1.99. The molecule has 0 aliphatic carbocycles. The highest BCUT2D eigenvalue weighted by Gasteiger charge is 2.14. The minimum Gasteiger partial charge on any atom is -0.444 e. The number of rotatable bonds is 7. The Balaban J connectivity index is 2.01. The molecule has 0 saturated carbocycles. The molecule has 0 aliphatic heterocycles. The lowest BCUT2D eigenvalue weighted by Gasteiger charge is -2.17. The van der Waals surface area contributed by atoms with Crippen LogP contribution in [0, 0.1) is 0 Å². The summed E-state index contributed by atoms with van der Waals surface area (Å²) in [5.74, 6) is 1.57. The number of benzene rings is 1. The van der Waals surface area contributed by atoms with Crippen molar-refractivity contribution >= 4 is 0 Å². The second-order valence-corrected chi connectivity index (χ2v) is 4.59. The van der Waals surface area contributed by atoms with E-state index in [0.29, 0.717) is 18.0 Å². The largest absolute Gasteiger partial charge is 0.444 e. The molecule has 1 heterocycles. The number of oxazole rings is 1. The summed E-state index contributed by atoms with van der Waals surface area (Å²) in [5.41, 5.74) is 0.667. The van der Waals surface area contributed by atoms with Crippen LogP contribution in [0.4, 0.5) is 8.78 Å². The van der Waals surface area contributed by atoms with Crippen molar-refractivity contribution in [2.45, 2.75) is 39.5 Å². The van der Waals surface area contributed by atoms with Crippen molar-refractivity contribution in [1.82, 2.24) is 10.3 Å². The van der Waals surface area contributed by atoms with Gasteiger partial charge in [0.25, 0.3) is 0 Å². The van der Waals surface area contributed by atoms with Crippen molar-refractivity contribution in [1.29, 1.82) is 0 Å². The minimum atomic E-state index is -2.84. The van der Waals surface area contributed by atoms with Crippen LogP contribution in [0.5, 0.6) is 5.75 Å². The Kier molecular flexibility index (Phi) is 5.27. The first kappa shape index (κ1) is 15.4. The lowest BCUT2D eigenvalue weighted by Crippen LogP contribution is -2.19. The Bertz CT molecular complexity index is 572. The summed E-state index contributed by atoms with van der Waals surface area (Å²) in [6.45, 7) is 1.44. The van der Waals surface area contributed by atoms with E-state index >= 15 is 0 Å². The fourth-order valence-electron chi connectivity index (χ4n) is 1.99. The maximum atomic E-state index is 12.4. The molecule has 114 valence electrons. The van der Waals surface area contributed by atoms with Gasteiger partial charge in [0, 0.05) is 18.0 Å². The van der Waals surface area contributed by atoms with E-state index in [1.807, 2.05) is 13.8 Å². The van der Waals surface area contributed by atoms with Crippen molar-refractivity contribution in [3.05, 3.63) is 47.7 Å². The summed E-state index contributed by atoms with van der Waals surface area (Å²) < 4.78 is 34.8. The number of nitrogens with zero attached hydrogens (tertiary/aromatic N) is 1. The molecule has 2 rings (SSSR count). The second-order valence-electron chi connectivity index (χ2n) is 4.59. The van der Waals surface area contributed by atoms with Gasteiger partial charge in [-0.05, 0) is 13.0 Å². The number of para-hydroxylation sites is 1. The molecule has 0 aliphatic rings. The summed E-state index contributed by atoms with van der Waals surface area (Å²) in [6.07, 6.45) is 2.48. The summed E-state index contributed by atoms with van der Waals surface area (Å²) >= 11 is 0. The van der Waals surface area contributed by atoms with Crippen molar-refractivity contribution in [3.8, 4) is 5.75 Å². The lowest BCUT2D eigenvalue weighted by molar-refractivity contribution is -0.0506. The SMILES string of the molecule is CCc1cnc(CNC(C)c2ccccc2OC(F)F)o1. The molecule has 0 fully saturated rings. The van der Waals surface area contributed by atoms with E-state index in [9.17, 15) is 8.78 Å². The molecule has 0 spiro atoms. The highest BCUT2D eigenvalue weighted by molar-refractivity contribution is 5.35. The number of aromatic nitrogens is 1. The zero-order chi connectivity index (χ0) is 15.2. The van der Waals surface area contributed by atoms with Crippen LogP contribution in [0.2, 0.25) is 0 Å². The standard InChI is InChI=1S/C15H18F2N2O2/c1-3-11-8-19-14(20-11)9-18-10(2)12-6-4-5-7-13(12)21-15(16)17/h4-8,10,15,18H,3,9H2,1-2H3. The maximum Gasteiger partial charge on any atom is 0.387 e. The molecule has 2 aromatic rings. The Labute approximate surface area is 122 Å². The van der Waals surface area contributed by atoms with Crippen molar-refractivity contribution in [3.63, 3.8) is 0 Å². The summed E-state index contributed by atoms with van der Waals surface area (Å²) in [6, 6.07) is 6.56. The number of alkyl halides is 2. The van der Waals surface area contributed by atoms with Crippen LogP contribution < -0.4 is 10.1 Å². The molecule has 0 bridgehead atoms. The van der Waals surface area contributed by atoms with E-state index in [-0.39, 0.29) is 11.8 Å². The fraction of sp³-hybridized carbons (Fsp3) is 0.400. The number of halogens is 2. The van der Waals surface area contributed by atoms with E-state index in [2.05, 4.69) is 15.0 Å². The van der Waals surface area contributed by atoms with Gasteiger partial charge in [0.05, 0.1) is 12.7 Å². The molecule has 1 aromatic carbocycles. The zero-order valence-corrected chi connectivity index (χ0v) is 12.0. The summed E-state index contributed by atoms with van der Waals surface area (Å²) in [5, 5.41) is 3.19. The Hall–Kier alpha value is -1.95. The molecule has 0 radical (unpaired) electrons. The smallest absolute Gasteiger partial charge is 0.387 e. The third-order valence-electron chi connectivity index (χ3n) is 3.11. The molecular formula is C15H18F2N2O2. The predicted molar refractivity (Wildman–Crippen MR) is 74.2 cm³/mol. The topological polar surface area (TPSA) is 47.3 Å². The number of ether oxygens (including phenoxy) is 1. The molecule has 1 aromatic heterocycles. The second kappa shape index (κ2) is 7.17. The number of hydrogen-bond acceptors (Lipinski definition) is 4. The predicted octanol–water partition coefficient (Wildman–Crippen LogP) is 3.69. The van der Waals surface area contributed by atoms with Gasteiger partial charge in [0.15, 0.2) is 0 Å². The molecule has 6 heteroatoms. The quantitative estimate of drug-likeness (QED) is 0.846. The molecule has 1 N–H and O–H groups in total. The first-order valence-corrected chi connectivity index (χ1v) is 6.80. The average Bonchev–Trinajstić information content (AvgIpc) is 2.93. The molecule has 1 atom stereocenters. The van der Waals surface area contributed by atoms with Crippen LogP contribution >= 0.6 is 0 Å². The monoisotopic (exact) mass is 296 g/mol. The van der Waals surface area contributed by atoms with Crippen LogP contribution in [0.25, 0.3) is 0 Å². The van der Waals surface area contributed by atoms with E-state index in [1.165, 1.54) is 6.07 Å². The van der Waals surface area contributed by atoms with E-state index in [1.54, 1.807) is 24.4 Å². The van der Waals surface area contributed by atoms with Crippen LogP contribution in [0.1, 0.15) is 37.1 Å². The van der Waals surface area contributed by atoms with Gasteiger partial charge in [0.2, 0.25) is 5.89 Å². The van der Waals surface area contributed by atoms with Gasteiger partial charge in [-0.2, -0.15) is 8.78 Å². The number of aryl methyl sites for hydroxylation is 1. The van der Waals surface area contributed by atoms with E-state index in [4.69, 9.17) is 4.42 Å².